The van der Waals surface area contributed by atoms with Crippen molar-refractivity contribution in [2.24, 2.45) is 23.5 Å². The number of benzene rings is 1. The number of phenols is 1. The average molecular weight is 544 g/mol. The minimum atomic E-state index is -1.32. The number of nitrogens with two attached hydrogens (primary N) is 1. The van der Waals surface area contributed by atoms with Gasteiger partial charge in [-0.2, -0.15) is 0 Å². The minimum Gasteiger partial charge on any atom is -0.511 e. The van der Waals surface area contributed by atoms with Crippen LogP contribution in [-0.4, -0.2) is 77.2 Å². The Balaban J connectivity index is 1.63. The van der Waals surface area contributed by atoms with Crippen LogP contribution < -0.4 is 15.8 Å². The lowest BCUT2D eigenvalue weighted by Crippen LogP contribution is -2.54. The van der Waals surface area contributed by atoms with Gasteiger partial charge in [0.15, 0.2) is 11.6 Å². The quantitative estimate of drug-likeness (QED) is 0.324. The van der Waals surface area contributed by atoms with E-state index < -0.39 is 65.0 Å². The van der Waals surface area contributed by atoms with Gasteiger partial charge in [-0.1, -0.05) is 6.92 Å². The Morgan fingerprint density at radius 3 is 2.64 bits per heavy atom. The standard InChI is InChI=1S/C28H34FN3O7/c1-3-32-8-4-5-16(32)13-11-17(33)19-15(27(13)39-2)10-12-9-14-20(24(35)18(12)23(19)34)25(36)21(28(30)38)26(37)22(14)31-7-6-29/h11-12,14,16,20,22,31,33,35,37H,3-10H2,1-2H3,(H2,30,38)/t12-,14-,16+,20-,22+/m1/s1. The number of nitrogens with zero attached hydrogens (tertiary/aromatic N) is 1. The molecule has 1 saturated heterocycles. The highest BCUT2D eigenvalue weighted by molar-refractivity contribution is 6.22. The summed E-state index contributed by atoms with van der Waals surface area (Å²) in [5.41, 5.74) is 6.05. The molecule has 0 aromatic heterocycles. The maximum atomic E-state index is 13.8. The molecule has 0 radical (unpaired) electrons. The molecule has 5 rings (SSSR count). The second kappa shape index (κ2) is 10.3. The van der Waals surface area contributed by atoms with Crippen molar-refractivity contribution in [3.05, 3.63) is 45.4 Å². The number of carbonyl (C=O) groups excluding carboxylic acids is 3. The largest absolute Gasteiger partial charge is 0.511 e. The monoisotopic (exact) mass is 543 g/mol. The molecule has 0 bridgehead atoms. The number of aliphatic hydroxyl groups is 2. The summed E-state index contributed by atoms with van der Waals surface area (Å²) in [4.78, 5) is 41.5. The van der Waals surface area contributed by atoms with Crippen LogP contribution in [0.1, 0.15) is 53.7 Å². The van der Waals surface area contributed by atoms with Crippen LogP contribution in [0, 0.1) is 17.8 Å². The third-order valence-corrected chi connectivity index (χ3v) is 8.82. The molecule has 6 N–H and O–H groups in total. The fraction of sp³-hybridized carbons (Fsp3) is 0.536. The van der Waals surface area contributed by atoms with E-state index in [9.17, 15) is 34.1 Å². The third-order valence-electron chi connectivity index (χ3n) is 8.82. The van der Waals surface area contributed by atoms with Crippen LogP contribution in [0.25, 0.3) is 0 Å². The Kier molecular flexibility index (Phi) is 7.15. The number of aliphatic hydroxyl groups excluding tert-OH is 2. The smallest absolute Gasteiger partial charge is 0.255 e. The van der Waals surface area contributed by atoms with Crippen molar-refractivity contribution in [1.82, 2.24) is 10.2 Å². The van der Waals surface area contributed by atoms with E-state index in [1.165, 1.54) is 7.11 Å². The van der Waals surface area contributed by atoms with E-state index in [-0.39, 0.29) is 42.3 Å². The molecule has 0 saturated carbocycles. The van der Waals surface area contributed by atoms with Gasteiger partial charge in [-0.3, -0.25) is 19.3 Å². The molecule has 1 aliphatic heterocycles. The number of nitrogens with one attached hydrogen (secondary N) is 1. The first-order chi connectivity index (χ1) is 18.7. The summed E-state index contributed by atoms with van der Waals surface area (Å²) in [5, 5.41) is 36.1. The number of ether oxygens (including phenoxy) is 1. The van der Waals surface area contributed by atoms with E-state index in [0.29, 0.717) is 11.3 Å². The van der Waals surface area contributed by atoms with E-state index in [1.54, 1.807) is 6.07 Å². The summed E-state index contributed by atoms with van der Waals surface area (Å²) in [6.45, 7) is 2.87. The number of allylic oxidation sites excluding steroid dienone is 2. The third kappa shape index (κ3) is 4.10. The van der Waals surface area contributed by atoms with Crippen molar-refractivity contribution >= 4 is 17.5 Å². The molecule has 1 amide bonds. The number of carbonyl (C=O) groups is 3. The van der Waals surface area contributed by atoms with E-state index in [1.807, 2.05) is 0 Å². The van der Waals surface area contributed by atoms with Gasteiger partial charge in [0.25, 0.3) is 5.91 Å². The Bertz CT molecular complexity index is 1310. The van der Waals surface area contributed by atoms with E-state index in [4.69, 9.17) is 10.5 Å². The van der Waals surface area contributed by atoms with Gasteiger partial charge in [0.2, 0.25) is 0 Å². The molecule has 1 aromatic rings. The number of phenolic OH excluding ortho intramolecular Hbond substituents is 1. The summed E-state index contributed by atoms with van der Waals surface area (Å²) < 4.78 is 18.9. The number of amides is 1. The number of hydrogen-bond acceptors (Lipinski definition) is 9. The molecule has 1 heterocycles. The van der Waals surface area contributed by atoms with Crippen molar-refractivity contribution in [2.75, 3.05) is 33.4 Å². The van der Waals surface area contributed by atoms with Gasteiger partial charge in [0.05, 0.1) is 24.6 Å². The van der Waals surface area contributed by atoms with Crippen LogP contribution in [0.2, 0.25) is 0 Å². The first kappa shape index (κ1) is 27.1. The molecule has 0 unspecified atom stereocenters. The summed E-state index contributed by atoms with van der Waals surface area (Å²) in [5.74, 6) is -6.11. The molecule has 5 atom stereocenters. The van der Waals surface area contributed by atoms with Crippen LogP contribution in [0.5, 0.6) is 11.5 Å². The highest BCUT2D eigenvalue weighted by Crippen LogP contribution is 2.52. The number of halogens is 1. The van der Waals surface area contributed by atoms with Gasteiger partial charge in [-0.05, 0) is 56.7 Å². The molecule has 39 heavy (non-hydrogen) atoms. The summed E-state index contributed by atoms with van der Waals surface area (Å²) in [7, 11) is 1.52. The van der Waals surface area contributed by atoms with Gasteiger partial charge >= 0.3 is 0 Å². The van der Waals surface area contributed by atoms with Gasteiger partial charge in [0.1, 0.15) is 35.3 Å². The SMILES string of the molecule is CCN1CCC[C@H]1c1cc(O)c2c(c1OC)C[C@H]1C[C@@H]3[C@@H](C(=O)C(C(N)=O)=C(O)[C@H]3NCCF)C(O)=C1C2=O. The summed E-state index contributed by atoms with van der Waals surface area (Å²) >= 11 is 0. The van der Waals surface area contributed by atoms with Crippen molar-refractivity contribution in [1.29, 1.82) is 0 Å². The molecular formula is C28H34FN3O7. The summed E-state index contributed by atoms with van der Waals surface area (Å²) in [6, 6.07) is 0.563. The van der Waals surface area contributed by atoms with Crippen LogP contribution in [0.15, 0.2) is 28.7 Å². The Labute approximate surface area is 225 Å². The van der Waals surface area contributed by atoms with Crippen molar-refractivity contribution in [2.45, 2.75) is 44.7 Å². The fourth-order valence-corrected chi connectivity index (χ4v) is 7.24. The van der Waals surface area contributed by atoms with Crippen LogP contribution in [0.4, 0.5) is 4.39 Å². The van der Waals surface area contributed by atoms with Gasteiger partial charge in [-0.15, -0.1) is 0 Å². The fourth-order valence-electron chi connectivity index (χ4n) is 7.24. The number of hydrogen-bond donors (Lipinski definition) is 5. The molecular weight excluding hydrogens is 509 g/mol. The van der Waals surface area contributed by atoms with Crippen molar-refractivity contribution < 1.29 is 38.8 Å². The maximum absolute atomic E-state index is 13.8. The van der Waals surface area contributed by atoms with Crippen LogP contribution in [-0.2, 0) is 16.0 Å². The average Bonchev–Trinajstić information content (AvgIpc) is 3.36. The lowest BCUT2D eigenvalue weighted by molar-refractivity contribution is -0.126. The molecule has 3 aliphatic carbocycles. The van der Waals surface area contributed by atoms with Crippen molar-refractivity contribution in [3.8, 4) is 11.5 Å². The zero-order valence-electron chi connectivity index (χ0n) is 22.0. The Morgan fingerprint density at radius 1 is 1.26 bits per heavy atom. The lowest BCUT2D eigenvalue weighted by atomic mass is 9.61. The topological polar surface area (TPSA) is 162 Å². The van der Waals surface area contributed by atoms with Crippen LogP contribution in [0.3, 0.4) is 0 Å². The molecule has 0 spiro atoms. The Morgan fingerprint density at radius 2 is 2.00 bits per heavy atom. The Hall–Kier alpha value is -3.44. The number of alkyl halides is 1. The predicted molar refractivity (Wildman–Crippen MR) is 138 cm³/mol. The number of aromatic hydroxyl groups is 1. The number of rotatable bonds is 7. The van der Waals surface area contributed by atoms with Gasteiger partial charge in [-0.25, -0.2) is 4.39 Å². The summed E-state index contributed by atoms with van der Waals surface area (Å²) in [6.07, 6.45) is 2.30. The van der Waals surface area contributed by atoms with E-state index >= 15 is 0 Å². The molecule has 4 aliphatic rings. The maximum Gasteiger partial charge on any atom is 0.255 e. The van der Waals surface area contributed by atoms with E-state index in [2.05, 4.69) is 17.1 Å². The second-order valence-electron chi connectivity index (χ2n) is 10.7. The number of Topliss-reactive ketones (excluding diaryl/α,β-unsaturated/α-hetero) is 2. The molecule has 1 fully saturated rings. The highest BCUT2D eigenvalue weighted by atomic mass is 19.1. The highest BCUT2D eigenvalue weighted by Gasteiger charge is 2.54. The normalized spacial score (nSPS) is 28.8. The number of methoxy groups -OCH3 is 1. The van der Waals surface area contributed by atoms with Crippen LogP contribution >= 0.6 is 0 Å². The first-order valence-corrected chi connectivity index (χ1v) is 13.4. The molecule has 1 aromatic carbocycles. The zero-order chi connectivity index (χ0) is 28.2. The minimum absolute atomic E-state index is 0.00675. The number of fused-ring (bicyclic) bond motifs is 3. The first-order valence-electron chi connectivity index (χ1n) is 13.4. The number of primary amides is 1. The van der Waals surface area contributed by atoms with Gasteiger partial charge in [0, 0.05) is 29.3 Å². The molecule has 10 nitrogen and oxygen atoms in total. The number of likely N-dealkylation sites (tertiary alicyclic amines) is 1. The lowest BCUT2D eigenvalue weighted by Gasteiger charge is -2.44. The molecule has 210 valence electrons. The van der Waals surface area contributed by atoms with Gasteiger partial charge < -0.3 is 31.1 Å². The zero-order valence-corrected chi connectivity index (χ0v) is 22.0. The molecule has 11 heteroatoms. The van der Waals surface area contributed by atoms with Crippen molar-refractivity contribution in [3.63, 3.8) is 0 Å². The number of ketones is 2. The second-order valence-corrected chi connectivity index (χ2v) is 10.7. The van der Waals surface area contributed by atoms with E-state index in [0.717, 1.165) is 31.5 Å². The predicted octanol–water partition coefficient (Wildman–Crippen LogP) is 2.17.